The molecule has 0 amide bonds. The van der Waals surface area contributed by atoms with Gasteiger partial charge in [0, 0.05) is 11.8 Å². The minimum Gasteiger partial charge on any atom is -0.251 e. The Morgan fingerprint density at radius 2 is 2.23 bits per heavy atom. The average Bonchev–Trinajstić information content (AvgIpc) is 2.30. The molecule has 13 heavy (non-hydrogen) atoms. The van der Waals surface area contributed by atoms with E-state index in [2.05, 4.69) is 4.98 Å². The molecule has 0 bridgehead atoms. The van der Waals surface area contributed by atoms with Crippen molar-refractivity contribution in [2.75, 3.05) is 0 Å². The van der Waals surface area contributed by atoms with Gasteiger partial charge < -0.3 is 0 Å². The zero-order chi connectivity index (χ0) is 9.64. The Labute approximate surface area is 92.7 Å². The first-order valence-electron chi connectivity index (χ1n) is 3.43. The minimum absolute atomic E-state index is 0.382. The second-order valence-electron chi connectivity index (χ2n) is 2.59. The molecule has 1 aliphatic rings. The van der Waals surface area contributed by atoms with Crippen molar-refractivity contribution >= 4 is 45.6 Å². The van der Waals surface area contributed by atoms with E-state index in [4.69, 9.17) is 34.8 Å². The van der Waals surface area contributed by atoms with E-state index in [9.17, 15) is 4.21 Å². The van der Waals surface area contributed by atoms with Crippen molar-refractivity contribution in [3.05, 3.63) is 23.9 Å². The molecule has 0 fully saturated rings. The first-order valence-corrected chi connectivity index (χ1v) is 5.83. The van der Waals surface area contributed by atoms with Crippen LogP contribution in [0.5, 0.6) is 0 Å². The topological polar surface area (TPSA) is 30.0 Å². The van der Waals surface area contributed by atoms with E-state index in [-0.39, 0.29) is 0 Å². The van der Waals surface area contributed by atoms with Gasteiger partial charge in [-0.25, -0.2) is 4.98 Å². The lowest BCUT2D eigenvalue weighted by Gasteiger charge is -2.14. The summed E-state index contributed by atoms with van der Waals surface area (Å²) < 4.78 is 9.43. The first kappa shape index (κ1) is 9.71. The molecular weight excluding hydrogens is 253 g/mol. The summed E-state index contributed by atoms with van der Waals surface area (Å²) in [4.78, 5) is 3.93. The summed E-state index contributed by atoms with van der Waals surface area (Å²) in [7, 11) is -1.42. The van der Waals surface area contributed by atoms with Gasteiger partial charge in [-0.3, -0.25) is 4.21 Å². The summed E-state index contributed by atoms with van der Waals surface area (Å²) in [6.45, 7) is 0. The lowest BCUT2D eigenvalue weighted by Crippen LogP contribution is -2.19. The molecule has 1 aliphatic heterocycles. The molecule has 1 aromatic heterocycles. The monoisotopic (exact) mass is 255 g/mol. The summed E-state index contributed by atoms with van der Waals surface area (Å²) in [5.74, 6) is 0. The van der Waals surface area contributed by atoms with Crippen LogP contribution in [0.1, 0.15) is 5.56 Å². The van der Waals surface area contributed by atoms with Crippen molar-refractivity contribution in [1.82, 2.24) is 4.98 Å². The van der Waals surface area contributed by atoms with Crippen LogP contribution in [0.4, 0.5) is 0 Å². The van der Waals surface area contributed by atoms with Crippen molar-refractivity contribution in [3.8, 4) is 0 Å². The van der Waals surface area contributed by atoms with Crippen LogP contribution in [0.15, 0.2) is 23.4 Å². The van der Waals surface area contributed by atoms with Gasteiger partial charge in [0.25, 0.3) is 0 Å². The summed E-state index contributed by atoms with van der Waals surface area (Å²) in [6, 6.07) is 3.37. The summed E-state index contributed by atoms with van der Waals surface area (Å²) in [6.07, 6.45) is 1.54. The van der Waals surface area contributed by atoms with Gasteiger partial charge in [0.15, 0.2) is 9.04 Å². The highest BCUT2D eigenvalue weighted by atomic mass is 35.5. The second-order valence-corrected chi connectivity index (χ2v) is 6.13. The number of rotatable bonds is 0. The number of hydrogen-bond acceptors (Lipinski definition) is 2. The van der Waals surface area contributed by atoms with E-state index in [1.807, 2.05) is 0 Å². The smallest absolute Gasteiger partial charge is 0.174 e. The van der Waals surface area contributed by atoms with Crippen molar-refractivity contribution < 1.29 is 4.21 Å². The maximum Gasteiger partial charge on any atom is 0.174 e. The molecule has 0 saturated heterocycles. The maximum absolute atomic E-state index is 11.6. The molecular formula is C7H4Cl3NOS. The predicted molar refractivity (Wildman–Crippen MR) is 53.7 cm³/mol. The van der Waals surface area contributed by atoms with Crippen LogP contribution in [0.25, 0.3) is 0 Å². The first-order chi connectivity index (χ1) is 6.05. The third kappa shape index (κ3) is 1.30. The van der Waals surface area contributed by atoms with E-state index in [0.29, 0.717) is 10.6 Å². The van der Waals surface area contributed by atoms with Crippen molar-refractivity contribution in [1.29, 1.82) is 0 Å². The molecule has 0 N–H and O–H groups in total. The van der Waals surface area contributed by atoms with Gasteiger partial charge in [0.2, 0.25) is 0 Å². The third-order valence-corrected chi connectivity index (χ3v) is 5.37. The van der Waals surface area contributed by atoms with Crippen LogP contribution in [-0.4, -0.2) is 13.9 Å². The molecule has 0 aromatic carbocycles. The molecule has 2 nitrogen and oxygen atoms in total. The van der Waals surface area contributed by atoms with Gasteiger partial charge in [0.05, 0.1) is 10.8 Å². The fourth-order valence-corrected chi connectivity index (χ4v) is 3.64. The fourth-order valence-electron chi connectivity index (χ4n) is 1.16. The Hall–Kier alpha value is 0.170. The minimum atomic E-state index is -1.42. The van der Waals surface area contributed by atoms with Gasteiger partial charge >= 0.3 is 0 Å². The molecule has 1 aromatic rings. The molecule has 2 heterocycles. The Balaban J connectivity index is 2.68. The summed E-state index contributed by atoms with van der Waals surface area (Å²) >= 11 is 17.7. The van der Waals surface area contributed by atoms with E-state index >= 15 is 0 Å². The van der Waals surface area contributed by atoms with Crippen molar-refractivity contribution in [2.24, 2.45) is 0 Å². The maximum atomic E-state index is 11.6. The van der Waals surface area contributed by atoms with Crippen LogP contribution in [0, 0.1) is 0 Å². The lowest BCUT2D eigenvalue weighted by molar-refractivity contribution is 0.681. The standard InChI is InChI=1S/C7H4Cl3NOS/c8-6-7(9,10)4-2-1-3-11-5(4)13(6)12/h1-3,6H/t6-,13?/m1/s1. The SMILES string of the molecule is O=S1c2ncccc2C(Cl)(Cl)[C@@H]1Cl. The van der Waals surface area contributed by atoms with Gasteiger partial charge in [-0.15, -0.1) is 11.6 Å². The zero-order valence-electron chi connectivity index (χ0n) is 6.21. The number of halogens is 3. The Morgan fingerprint density at radius 1 is 1.54 bits per heavy atom. The number of hydrogen-bond donors (Lipinski definition) is 0. The van der Waals surface area contributed by atoms with Crippen LogP contribution < -0.4 is 0 Å². The molecule has 0 spiro atoms. The van der Waals surface area contributed by atoms with E-state index < -0.39 is 19.8 Å². The molecule has 0 aliphatic carbocycles. The van der Waals surface area contributed by atoms with Gasteiger partial charge in [-0.05, 0) is 6.07 Å². The van der Waals surface area contributed by atoms with E-state index in [1.165, 1.54) is 6.20 Å². The van der Waals surface area contributed by atoms with Crippen molar-refractivity contribution in [2.45, 2.75) is 14.1 Å². The number of nitrogens with zero attached hydrogens (tertiary/aromatic N) is 1. The molecule has 2 atom stereocenters. The largest absolute Gasteiger partial charge is 0.251 e. The molecule has 0 saturated carbocycles. The Bertz CT molecular complexity index is 382. The Morgan fingerprint density at radius 3 is 2.85 bits per heavy atom. The van der Waals surface area contributed by atoms with E-state index in [0.717, 1.165) is 0 Å². The summed E-state index contributed by atoms with van der Waals surface area (Å²) in [5, 5.41) is 0.382. The average molecular weight is 257 g/mol. The number of alkyl halides is 3. The number of pyridine rings is 1. The Kier molecular flexibility index (Phi) is 2.31. The number of fused-ring (bicyclic) bond motifs is 1. The van der Waals surface area contributed by atoms with Crippen LogP contribution in [-0.2, 0) is 15.1 Å². The number of aromatic nitrogens is 1. The quantitative estimate of drug-likeness (QED) is 0.667. The third-order valence-electron chi connectivity index (χ3n) is 1.79. The van der Waals surface area contributed by atoms with Crippen molar-refractivity contribution in [3.63, 3.8) is 0 Å². The molecule has 6 heteroatoms. The van der Waals surface area contributed by atoms with Crippen LogP contribution in [0.2, 0.25) is 0 Å². The van der Waals surface area contributed by atoms with Gasteiger partial charge in [-0.1, -0.05) is 29.3 Å². The molecule has 1 unspecified atom stereocenters. The van der Waals surface area contributed by atoms with E-state index in [1.54, 1.807) is 12.1 Å². The second kappa shape index (κ2) is 3.09. The zero-order valence-corrected chi connectivity index (χ0v) is 9.29. The fraction of sp³-hybridized carbons (Fsp3) is 0.286. The normalized spacial score (nSPS) is 30.1. The highest BCUT2D eigenvalue weighted by Crippen LogP contribution is 2.49. The summed E-state index contributed by atoms with van der Waals surface area (Å²) in [5.41, 5.74) is 0.539. The van der Waals surface area contributed by atoms with Gasteiger partial charge in [-0.2, -0.15) is 0 Å². The van der Waals surface area contributed by atoms with Crippen LogP contribution in [0.3, 0.4) is 0 Å². The van der Waals surface area contributed by atoms with Gasteiger partial charge in [0.1, 0.15) is 5.03 Å². The highest BCUT2D eigenvalue weighted by Gasteiger charge is 2.49. The predicted octanol–water partition coefficient (Wildman–Crippen LogP) is 2.40. The van der Waals surface area contributed by atoms with Crippen LogP contribution >= 0.6 is 34.8 Å². The lowest BCUT2D eigenvalue weighted by atomic mass is 10.2. The highest BCUT2D eigenvalue weighted by molar-refractivity contribution is 7.87. The molecule has 2 rings (SSSR count). The molecule has 70 valence electrons. The molecule has 0 radical (unpaired) electrons.